The molecule has 3 rings (SSSR count). The Labute approximate surface area is 167 Å². The Bertz CT molecular complexity index is 1010. The highest BCUT2D eigenvalue weighted by Gasteiger charge is 2.40. The molecular weight excluding hydrogens is 372 g/mol. The number of carbonyl (C=O) groups excluding carboxylic acids is 1. The van der Waals surface area contributed by atoms with Crippen molar-refractivity contribution in [2.45, 2.75) is 64.9 Å². The van der Waals surface area contributed by atoms with Gasteiger partial charge in [-0.3, -0.25) is 4.79 Å². The van der Waals surface area contributed by atoms with Gasteiger partial charge < -0.3 is 5.73 Å². The van der Waals surface area contributed by atoms with Gasteiger partial charge in [0, 0.05) is 18.2 Å². The molecule has 28 heavy (non-hydrogen) atoms. The molecule has 1 amide bonds. The van der Waals surface area contributed by atoms with E-state index in [9.17, 15) is 13.2 Å². The van der Waals surface area contributed by atoms with Crippen molar-refractivity contribution in [3.8, 4) is 0 Å². The third-order valence-electron chi connectivity index (χ3n) is 6.03. The number of benzene rings is 2. The van der Waals surface area contributed by atoms with Crippen molar-refractivity contribution in [3.63, 3.8) is 0 Å². The Morgan fingerprint density at radius 2 is 1.39 bits per heavy atom. The zero-order chi connectivity index (χ0) is 20.8. The summed E-state index contributed by atoms with van der Waals surface area (Å²) in [6, 6.07) is 6.87. The van der Waals surface area contributed by atoms with E-state index < -0.39 is 15.9 Å². The van der Waals surface area contributed by atoms with Gasteiger partial charge in [0.05, 0.1) is 4.90 Å². The van der Waals surface area contributed by atoms with Gasteiger partial charge in [0.2, 0.25) is 15.9 Å². The fourth-order valence-electron chi connectivity index (χ4n) is 3.70. The number of amides is 1. The van der Waals surface area contributed by atoms with Crippen LogP contribution in [0.2, 0.25) is 0 Å². The van der Waals surface area contributed by atoms with E-state index in [1.54, 1.807) is 28.6 Å². The summed E-state index contributed by atoms with van der Waals surface area (Å²) < 4.78 is 29.0. The van der Waals surface area contributed by atoms with E-state index in [1.165, 1.54) is 0 Å². The summed E-state index contributed by atoms with van der Waals surface area (Å²) in [5.41, 5.74) is 11.4. The number of nitrogens with zero attached hydrogens (tertiary/aromatic N) is 1. The van der Waals surface area contributed by atoms with E-state index in [0.29, 0.717) is 10.5 Å². The SMILES string of the molecule is Cc1c(C)c(C)c(S(=O)(=O)N(Cc2ccc(C(N)=O)cc2)C2CC2)c(C)c1C. The first-order valence-corrected chi connectivity index (χ1v) is 11.0. The number of nitrogens with two attached hydrogens (primary N) is 1. The summed E-state index contributed by atoms with van der Waals surface area (Å²) in [6.45, 7) is 10.1. The predicted octanol–water partition coefficient (Wildman–Crippen LogP) is 3.68. The molecule has 1 aliphatic rings. The zero-order valence-corrected chi connectivity index (χ0v) is 18.0. The highest BCUT2D eigenvalue weighted by molar-refractivity contribution is 7.89. The molecule has 1 saturated carbocycles. The Morgan fingerprint density at radius 1 is 0.929 bits per heavy atom. The van der Waals surface area contributed by atoms with Gasteiger partial charge in [-0.15, -0.1) is 0 Å². The van der Waals surface area contributed by atoms with Gasteiger partial charge >= 0.3 is 0 Å². The number of carbonyl (C=O) groups is 1. The van der Waals surface area contributed by atoms with Gasteiger partial charge in [-0.2, -0.15) is 4.31 Å². The van der Waals surface area contributed by atoms with Crippen LogP contribution in [0.3, 0.4) is 0 Å². The quantitative estimate of drug-likeness (QED) is 0.803. The van der Waals surface area contributed by atoms with Gasteiger partial charge in [-0.1, -0.05) is 12.1 Å². The van der Waals surface area contributed by atoms with Gasteiger partial charge in [0.25, 0.3) is 0 Å². The largest absolute Gasteiger partial charge is 0.366 e. The van der Waals surface area contributed by atoms with Crippen LogP contribution in [0.5, 0.6) is 0 Å². The Hall–Kier alpha value is -2.18. The third kappa shape index (κ3) is 3.59. The second-order valence-corrected chi connectivity index (χ2v) is 9.62. The maximum Gasteiger partial charge on any atom is 0.248 e. The molecule has 0 radical (unpaired) electrons. The fraction of sp³-hybridized carbons (Fsp3) is 0.409. The average molecular weight is 401 g/mol. The lowest BCUT2D eigenvalue weighted by Crippen LogP contribution is -2.34. The Balaban J connectivity index is 2.04. The maximum absolute atomic E-state index is 13.7. The highest BCUT2D eigenvalue weighted by Crippen LogP contribution is 2.37. The van der Waals surface area contributed by atoms with Crippen molar-refractivity contribution in [2.75, 3.05) is 0 Å². The van der Waals surface area contributed by atoms with E-state index in [2.05, 4.69) is 0 Å². The van der Waals surface area contributed by atoms with E-state index in [-0.39, 0.29) is 12.6 Å². The summed E-state index contributed by atoms with van der Waals surface area (Å²) in [5.74, 6) is -0.491. The van der Waals surface area contributed by atoms with Crippen LogP contribution in [0, 0.1) is 34.6 Å². The summed E-state index contributed by atoms with van der Waals surface area (Å²) in [6.07, 6.45) is 1.75. The van der Waals surface area contributed by atoms with E-state index >= 15 is 0 Å². The highest BCUT2D eigenvalue weighted by atomic mass is 32.2. The molecule has 2 aromatic rings. The van der Waals surface area contributed by atoms with Crippen LogP contribution in [-0.4, -0.2) is 24.7 Å². The second kappa shape index (κ2) is 7.33. The lowest BCUT2D eigenvalue weighted by Gasteiger charge is -2.26. The minimum Gasteiger partial charge on any atom is -0.366 e. The molecular formula is C22H28N2O3S. The lowest BCUT2D eigenvalue weighted by molar-refractivity contribution is 0.1000. The molecule has 1 fully saturated rings. The minimum atomic E-state index is -3.64. The smallest absolute Gasteiger partial charge is 0.248 e. The number of hydrogen-bond donors (Lipinski definition) is 1. The summed E-state index contributed by atoms with van der Waals surface area (Å²) >= 11 is 0. The summed E-state index contributed by atoms with van der Waals surface area (Å²) in [7, 11) is -3.64. The zero-order valence-electron chi connectivity index (χ0n) is 17.2. The van der Waals surface area contributed by atoms with Crippen molar-refractivity contribution in [2.24, 2.45) is 5.73 Å². The average Bonchev–Trinajstić information content (AvgIpc) is 3.48. The molecule has 0 aromatic heterocycles. The van der Waals surface area contributed by atoms with Crippen LogP contribution in [0.1, 0.15) is 56.6 Å². The Kier molecular flexibility index (Phi) is 5.38. The van der Waals surface area contributed by atoms with Crippen molar-refractivity contribution >= 4 is 15.9 Å². The number of hydrogen-bond acceptors (Lipinski definition) is 3. The van der Waals surface area contributed by atoms with Gasteiger partial charge in [0.15, 0.2) is 0 Å². The molecule has 1 aliphatic carbocycles. The molecule has 0 atom stereocenters. The molecule has 2 aromatic carbocycles. The number of primary amides is 1. The molecule has 0 unspecified atom stereocenters. The first-order chi connectivity index (χ1) is 13.1. The van der Waals surface area contributed by atoms with Gasteiger partial charge in [-0.25, -0.2) is 8.42 Å². The standard InChI is InChI=1S/C22H28N2O3S/c1-13-14(2)16(4)21(17(5)15(13)3)28(26,27)24(20-10-11-20)12-18-6-8-19(9-7-18)22(23)25/h6-9,20H,10-12H2,1-5H3,(H2,23,25). The second-order valence-electron chi connectivity index (χ2n) is 7.80. The topological polar surface area (TPSA) is 80.5 Å². The van der Waals surface area contributed by atoms with Crippen molar-refractivity contribution in [1.82, 2.24) is 4.31 Å². The molecule has 0 bridgehead atoms. The first kappa shape index (κ1) is 20.6. The monoisotopic (exact) mass is 400 g/mol. The third-order valence-corrected chi connectivity index (χ3v) is 8.20. The predicted molar refractivity (Wildman–Crippen MR) is 111 cm³/mol. The summed E-state index contributed by atoms with van der Waals surface area (Å²) in [4.78, 5) is 11.7. The van der Waals surface area contributed by atoms with Crippen LogP contribution in [0.25, 0.3) is 0 Å². The van der Waals surface area contributed by atoms with E-state index in [4.69, 9.17) is 5.73 Å². The summed E-state index contributed by atoms with van der Waals surface area (Å²) in [5, 5.41) is 0. The molecule has 2 N–H and O–H groups in total. The number of sulfonamides is 1. The molecule has 0 heterocycles. The van der Waals surface area contributed by atoms with Crippen molar-refractivity contribution in [1.29, 1.82) is 0 Å². The fourth-order valence-corrected chi connectivity index (χ4v) is 5.93. The van der Waals surface area contributed by atoms with Crippen molar-refractivity contribution in [3.05, 3.63) is 63.2 Å². The lowest BCUT2D eigenvalue weighted by atomic mass is 9.95. The van der Waals surface area contributed by atoms with Gasteiger partial charge in [-0.05, 0) is 93.0 Å². The Morgan fingerprint density at radius 3 is 1.82 bits per heavy atom. The van der Waals surface area contributed by atoms with Crippen LogP contribution >= 0.6 is 0 Å². The normalized spacial score (nSPS) is 14.5. The molecule has 0 saturated heterocycles. The van der Waals surface area contributed by atoms with Crippen LogP contribution in [0.4, 0.5) is 0 Å². The minimum absolute atomic E-state index is 0.0292. The van der Waals surface area contributed by atoms with Crippen LogP contribution < -0.4 is 5.73 Å². The molecule has 5 nitrogen and oxygen atoms in total. The molecule has 6 heteroatoms. The van der Waals surface area contributed by atoms with Crippen LogP contribution in [0.15, 0.2) is 29.2 Å². The molecule has 0 spiro atoms. The van der Waals surface area contributed by atoms with Gasteiger partial charge in [0.1, 0.15) is 0 Å². The van der Waals surface area contributed by atoms with Crippen molar-refractivity contribution < 1.29 is 13.2 Å². The molecule has 150 valence electrons. The maximum atomic E-state index is 13.7. The van der Waals surface area contributed by atoms with E-state index in [0.717, 1.165) is 46.2 Å². The number of rotatable bonds is 6. The van der Waals surface area contributed by atoms with Crippen LogP contribution in [-0.2, 0) is 16.6 Å². The molecule has 0 aliphatic heterocycles. The van der Waals surface area contributed by atoms with E-state index in [1.807, 2.05) is 34.6 Å². The first-order valence-electron chi connectivity index (χ1n) is 9.53.